The maximum atomic E-state index is 13.3. The molecule has 0 amide bonds. The van der Waals surface area contributed by atoms with Crippen molar-refractivity contribution in [3.63, 3.8) is 0 Å². The van der Waals surface area contributed by atoms with Gasteiger partial charge in [-0.3, -0.25) is 9.59 Å². The van der Waals surface area contributed by atoms with E-state index in [0.29, 0.717) is 0 Å². The molecule has 2 nitrogen and oxygen atoms in total. The van der Waals surface area contributed by atoms with Crippen molar-refractivity contribution in [3.05, 3.63) is 47.0 Å². The zero-order valence-corrected chi connectivity index (χ0v) is 16.6. The van der Waals surface area contributed by atoms with Crippen molar-refractivity contribution in [2.75, 3.05) is 0 Å². The average molecular weight is 338 g/mol. The van der Waals surface area contributed by atoms with E-state index in [1.165, 1.54) is 11.1 Å². The number of fused-ring (bicyclic) bond motifs is 2. The maximum Gasteiger partial charge on any atom is 0.210 e. The van der Waals surface area contributed by atoms with Gasteiger partial charge in [0.25, 0.3) is 0 Å². The topological polar surface area (TPSA) is 34.1 Å². The van der Waals surface area contributed by atoms with Crippen molar-refractivity contribution in [1.82, 2.24) is 0 Å². The molecule has 1 fully saturated rings. The van der Waals surface area contributed by atoms with Gasteiger partial charge in [0.05, 0.1) is 5.41 Å². The van der Waals surface area contributed by atoms with Crippen LogP contribution in [-0.2, 0) is 9.59 Å². The summed E-state index contributed by atoms with van der Waals surface area (Å²) in [6, 6.07) is 8.48. The number of benzene rings is 1. The van der Waals surface area contributed by atoms with Gasteiger partial charge in [-0.1, -0.05) is 83.0 Å². The van der Waals surface area contributed by atoms with Crippen molar-refractivity contribution < 1.29 is 9.59 Å². The molecule has 0 spiro atoms. The number of hydrogen-bond donors (Lipinski definition) is 0. The highest BCUT2D eigenvalue weighted by Crippen LogP contribution is 2.63. The van der Waals surface area contributed by atoms with Crippen LogP contribution in [0, 0.1) is 29.1 Å². The number of carbonyl (C=O) groups excluding carboxylic acids is 2. The van der Waals surface area contributed by atoms with Crippen LogP contribution in [0.15, 0.2) is 35.9 Å². The Morgan fingerprint density at radius 3 is 2.00 bits per heavy atom. The van der Waals surface area contributed by atoms with Gasteiger partial charge in [0, 0.05) is 11.8 Å². The summed E-state index contributed by atoms with van der Waals surface area (Å²) in [5.41, 5.74) is 2.36. The fourth-order valence-corrected chi connectivity index (χ4v) is 4.85. The second-order valence-electron chi connectivity index (χ2n) is 9.91. The molecule has 3 atom stereocenters. The Balaban J connectivity index is 2.27. The predicted molar refractivity (Wildman–Crippen MR) is 101 cm³/mol. The third-order valence-electron chi connectivity index (χ3n) is 6.28. The molecule has 0 N–H and O–H groups in total. The van der Waals surface area contributed by atoms with Crippen LogP contribution >= 0.6 is 0 Å². The van der Waals surface area contributed by atoms with Crippen LogP contribution in [0.1, 0.15) is 65.0 Å². The van der Waals surface area contributed by atoms with E-state index >= 15 is 0 Å². The van der Waals surface area contributed by atoms with Crippen LogP contribution in [0.25, 0.3) is 0 Å². The molecule has 0 unspecified atom stereocenters. The van der Waals surface area contributed by atoms with Crippen LogP contribution < -0.4 is 0 Å². The van der Waals surface area contributed by atoms with Gasteiger partial charge in [-0.15, -0.1) is 0 Å². The van der Waals surface area contributed by atoms with Gasteiger partial charge >= 0.3 is 0 Å². The Morgan fingerprint density at radius 1 is 0.960 bits per heavy atom. The van der Waals surface area contributed by atoms with E-state index in [0.717, 1.165) is 12.0 Å². The molecular weight excluding hydrogens is 308 g/mol. The van der Waals surface area contributed by atoms with Crippen LogP contribution in [0.4, 0.5) is 0 Å². The van der Waals surface area contributed by atoms with Gasteiger partial charge in [0.1, 0.15) is 0 Å². The smallest absolute Gasteiger partial charge is 0.210 e. The number of allylic oxidation sites excluding steroid dienone is 2. The van der Waals surface area contributed by atoms with E-state index in [1.54, 1.807) is 0 Å². The van der Waals surface area contributed by atoms with Crippen molar-refractivity contribution in [2.45, 2.75) is 60.8 Å². The highest BCUT2D eigenvalue weighted by Gasteiger charge is 2.63. The predicted octanol–water partition coefficient (Wildman–Crippen LogP) is 5.26. The Hall–Kier alpha value is -1.70. The molecule has 25 heavy (non-hydrogen) atoms. The fourth-order valence-electron chi connectivity index (χ4n) is 4.85. The Kier molecular flexibility index (Phi) is 3.91. The molecule has 3 aliphatic rings. The van der Waals surface area contributed by atoms with E-state index in [4.69, 9.17) is 0 Å². The summed E-state index contributed by atoms with van der Waals surface area (Å²) < 4.78 is 0. The molecule has 134 valence electrons. The second-order valence-corrected chi connectivity index (χ2v) is 9.91. The zero-order chi connectivity index (χ0) is 18.8. The summed E-state index contributed by atoms with van der Waals surface area (Å²) in [4.78, 5) is 26.2. The molecule has 1 saturated carbocycles. The third-order valence-corrected chi connectivity index (χ3v) is 6.28. The Bertz CT molecular complexity index is 753. The number of ketones is 2. The van der Waals surface area contributed by atoms with Crippen molar-refractivity contribution in [1.29, 1.82) is 0 Å². The number of Topliss-reactive ketones (excluding diaryl/α,β-unsaturated/α-hetero) is 2. The van der Waals surface area contributed by atoms with Crippen molar-refractivity contribution >= 4 is 11.6 Å². The van der Waals surface area contributed by atoms with Gasteiger partial charge in [-0.05, 0) is 29.7 Å². The van der Waals surface area contributed by atoms with Gasteiger partial charge in [0.2, 0.25) is 11.6 Å². The monoisotopic (exact) mass is 338 g/mol. The van der Waals surface area contributed by atoms with Gasteiger partial charge in [-0.25, -0.2) is 0 Å². The van der Waals surface area contributed by atoms with Crippen LogP contribution in [-0.4, -0.2) is 11.6 Å². The minimum Gasteiger partial charge on any atom is -0.290 e. The van der Waals surface area contributed by atoms with E-state index in [9.17, 15) is 9.59 Å². The molecule has 1 aromatic rings. The number of hydrogen-bond acceptors (Lipinski definition) is 2. The number of rotatable bonds is 1. The fraction of sp³-hybridized carbons (Fsp3) is 0.565. The van der Waals surface area contributed by atoms with Crippen LogP contribution in [0.3, 0.4) is 0 Å². The Morgan fingerprint density at radius 2 is 1.52 bits per heavy atom. The van der Waals surface area contributed by atoms with E-state index < -0.39 is 5.41 Å². The summed E-state index contributed by atoms with van der Waals surface area (Å²) in [7, 11) is 0. The maximum absolute atomic E-state index is 13.3. The molecule has 0 saturated heterocycles. The lowest BCUT2D eigenvalue weighted by Crippen LogP contribution is -2.59. The minimum absolute atomic E-state index is 0.0643. The first kappa shape index (κ1) is 18.1. The standard InChI is InChI=1S/C23H30O2/c1-14-8-10-15(11-9-14)17-12-16-18(21(2,3)4)13-23(17,22(5,6)7)20(25)19(16)24/h8-11,13,16-17H,12H2,1-7H3/t16-,17-,23+/m1/s1. The van der Waals surface area contributed by atoms with E-state index in [1.807, 2.05) is 0 Å². The van der Waals surface area contributed by atoms with Gasteiger partial charge in [-0.2, -0.15) is 0 Å². The highest BCUT2D eigenvalue weighted by atomic mass is 16.2. The highest BCUT2D eigenvalue weighted by molar-refractivity contribution is 6.43. The molecule has 2 heteroatoms. The molecule has 1 aromatic carbocycles. The first-order valence-electron chi connectivity index (χ1n) is 9.28. The largest absolute Gasteiger partial charge is 0.290 e. The SMILES string of the molecule is Cc1ccc([C@H]2C[C@H]3C(=O)C(=O)[C@]2(C(C)(C)C)C=C3C(C)(C)C)cc1. The quantitative estimate of drug-likeness (QED) is 0.517. The van der Waals surface area contributed by atoms with Crippen molar-refractivity contribution in [3.8, 4) is 0 Å². The normalized spacial score (nSPS) is 29.8. The third kappa shape index (κ3) is 2.53. The molecule has 0 aliphatic heterocycles. The lowest BCUT2D eigenvalue weighted by Gasteiger charge is -2.56. The lowest BCUT2D eigenvalue weighted by molar-refractivity contribution is -0.153. The van der Waals surface area contributed by atoms with Gasteiger partial charge < -0.3 is 0 Å². The van der Waals surface area contributed by atoms with Crippen LogP contribution in [0.5, 0.6) is 0 Å². The molecule has 0 radical (unpaired) electrons. The van der Waals surface area contributed by atoms with Crippen molar-refractivity contribution in [2.24, 2.45) is 22.2 Å². The average Bonchev–Trinajstić information content (AvgIpc) is 2.50. The summed E-state index contributed by atoms with van der Waals surface area (Å²) in [5, 5.41) is 0. The summed E-state index contributed by atoms with van der Waals surface area (Å²) in [6.45, 7) is 14.8. The molecule has 2 bridgehead atoms. The molecule has 4 rings (SSSR count). The molecule has 0 aromatic heterocycles. The number of carbonyl (C=O) groups is 2. The zero-order valence-electron chi connectivity index (χ0n) is 16.6. The first-order valence-corrected chi connectivity index (χ1v) is 9.28. The molecule has 3 aliphatic carbocycles. The second kappa shape index (κ2) is 5.40. The van der Waals surface area contributed by atoms with E-state index in [2.05, 4.69) is 78.8 Å². The van der Waals surface area contributed by atoms with Gasteiger partial charge in [0.15, 0.2) is 0 Å². The summed E-state index contributed by atoms with van der Waals surface area (Å²) in [6.07, 6.45) is 2.93. The first-order chi connectivity index (χ1) is 11.4. The van der Waals surface area contributed by atoms with E-state index in [-0.39, 0.29) is 34.2 Å². The van der Waals surface area contributed by atoms with Crippen LogP contribution in [0.2, 0.25) is 0 Å². The minimum atomic E-state index is -0.753. The summed E-state index contributed by atoms with van der Waals surface area (Å²) >= 11 is 0. The molecule has 0 heterocycles. The number of aryl methyl sites for hydroxylation is 1. The lowest BCUT2D eigenvalue weighted by atomic mass is 9.44. The Labute approximate surface area is 151 Å². The molecular formula is C23H30O2. The summed E-state index contributed by atoms with van der Waals surface area (Å²) in [5.74, 6) is -0.557.